The van der Waals surface area contributed by atoms with Gasteiger partial charge in [0.1, 0.15) is 12.4 Å². The molecule has 2 heteroatoms. The zero-order valence-electron chi connectivity index (χ0n) is 12.9. The van der Waals surface area contributed by atoms with E-state index < -0.39 is 0 Å². The smallest absolute Gasteiger partial charge is 0.119 e. The van der Waals surface area contributed by atoms with E-state index in [9.17, 15) is 0 Å². The van der Waals surface area contributed by atoms with Crippen LogP contribution in [-0.4, -0.2) is 19.7 Å². The summed E-state index contributed by atoms with van der Waals surface area (Å²) >= 11 is 0. The maximum absolute atomic E-state index is 5.77. The highest BCUT2D eigenvalue weighted by atomic mass is 16.5. The van der Waals surface area contributed by atoms with Crippen LogP contribution in [0, 0.1) is 5.92 Å². The number of aryl methyl sites for hydroxylation is 1. The molecule has 0 saturated heterocycles. The Bertz CT molecular complexity index is 354. The summed E-state index contributed by atoms with van der Waals surface area (Å²) in [4.78, 5) is 0. The predicted molar refractivity (Wildman–Crippen MR) is 85.4 cm³/mol. The van der Waals surface area contributed by atoms with Gasteiger partial charge in [0.25, 0.3) is 0 Å². The van der Waals surface area contributed by atoms with Crippen molar-refractivity contribution in [2.75, 3.05) is 19.7 Å². The highest BCUT2D eigenvalue weighted by Gasteiger charge is 2.12. The maximum atomic E-state index is 5.77. The van der Waals surface area contributed by atoms with Crippen LogP contribution in [0.4, 0.5) is 0 Å². The lowest BCUT2D eigenvalue weighted by Gasteiger charge is -2.21. The molecule has 1 aliphatic rings. The molecule has 1 saturated carbocycles. The first-order valence-corrected chi connectivity index (χ1v) is 8.31. The van der Waals surface area contributed by atoms with Crippen molar-refractivity contribution < 1.29 is 4.74 Å². The molecule has 0 unspecified atom stereocenters. The Morgan fingerprint density at radius 2 is 1.85 bits per heavy atom. The van der Waals surface area contributed by atoms with E-state index in [0.29, 0.717) is 0 Å². The second-order valence-electron chi connectivity index (χ2n) is 5.95. The van der Waals surface area contributed by atoms with Gasteiger partial charge in [0.15, 0.2) is 0 Å². The van der Waals surface area contributed by atoms with Crippen LogP contribution in [0.15, 0.2) is 24.3 Å². The molecule has 2 rings (SSSR count). The van der Waals surface area contributed by atoms with Crippen LogP contribution in [0.2, 0.25) is 0 Å². The first-order valence-electron chi connectivity index (χ1n) is 8.31. The Morgan fingerprint density at radius 1 is 1.10 bits per heavy atom. The molecule has 0 amide bonds. The SMILES string of the molecule is CCCc1ccc(OCCNCC2CCCCC2)cc1. The standard InChI is InChI=1S/C18H29NO/c1-2-6-16-9-11-18(12-10-16)20-14-13-19-15-17-7-4-3-5-8-17/h9-12,17,19H,2-8,13-15H2,1H3. The zero-order chi connectivity index (χ0) is 14.0. The Morgan fingerprint density at radius 3 is 2.55 bits per heavy atom. The number of hydrogen-bond donors (Lipinski definition) is 1. The topological polar surface area (TPSA) is 21.3 Å². The number of nitrogens with one attached hydrogen (secondary N) is 1. The summed E-state index contributed by atoms with van der Waals surface area (Å²) in [6.45, 7) is 5.09. The molecule has 1 aromatic rings. The van der Waals surface area contributed by atoms with E-state index >= 15 is 0 Å². The van der Waals surface area contributed by atoms with Gasteiger partial charge in [-0.25, -0.2) is 0 Å². The number of ether oxygens (including phenoxy) is 1. The third-order valence-corrected chi connectivity index (χ3v) is 4.17. The third kappa shape index (κ3) is 5.54. The summed E-state index contributed by atoms with van der Waals surface area (Å²) in [5, 5.41) is 3.53. The fourth-order valence-electron chi connectivity index (χ4n) is 2.98. The van der Waals surface area contributed by atoms with Crippen LogP contribution >= 0.6 is 0 Å². The summed E-state index contributed by atoms with van der Waals surface area (Å²) < 4.78 is 5.77. The van der Waals surface area contributed by atoms with Gasteiger partial charge in [-0.3, -0.25) is 0 Å². The molecule has 1 aromatic carbocycles. The van der Waals surface area contributed by atoms with Gasteiger partial charge < -0.3 is 10.1 Å². The van der Waals surface area contributed by atoms with Gasteiger partial charge in [-0.1, -0.05) is 44.7 Å². The molecule has 1 aliphatic carbocycles. The van der Waals surface area contributed by atoms with Gasteiger partial charge in [-0.05, 0) is 49.4 Å². The molecule has 1 N–H and O–H groups in total. The molecule has 0 spiro atoms. The van der Waals surface area contributed by atoms with Gasteiger partial charge in [0.05, 0.1) is 0 Å². The molecular formula is C18H29NO. The van der Waals surface area contributed by atoms with E-state index in [1.54, 1.807) is 0 Å². The Labute approximate surface area is 123 Å². The predicted octanol–water partition coefficient (Wildman–Crippen LogP) is 4.19. The van der Waals surface area contributed by atoms with Crippen molar-refractivity contribution in [1.29, 1.82) is 0 Å². The van der Waals surface area contributed by atoms with Gasteiger partial charge in [-0.2, -0.15) is 0 Å². The van der Waals surface area contributed by atoms with E-state index in [2.05, 4.69) is 36.5 Å². The molecule has 0 radical (unpaired) electrons. The minimum Gasteiger partial charge on any atom is -0.492 e. The van der Waals surface area contributed by atoms with Crippen molar-refractivity contribution in [3.63, 3.8) is 0 Å². The lowest BCUT2D eigenvalue weighted by atomic mass is 9.89. The minimum absolute atomic E-state index is 0.764. The van der Waals surface area contributed by atoms with Crippen molar-refractivity contribution in [3.8, 4) is 5.75 Å². The van der Waals surface area contributed by atoms with Crippen LogP contribution in [0.25, 0.3) is 0 Å². The molecule has 0 aromatic heterocycles. The van der Waals surface area contributed by atoms with Crippen molar-refractivity contribution in [3.05, 3.63) is 29.8 Å². The first-order chi connectivity index (χ1) is 9.88. The largest absolute Gasteiger partial charge is 0.492 e. The Balaban J connectivity index is 1.56. The summed E-state index contributed by atoms with van der Waals surface area (Å²) in [7, 11) is 0. The first kappa shape index (κ1) is 15.4. The van der Waals surface area contributed by atoms with Crippen LogP contribution in [0.5, 0.6) is 5.75 Å². The Kier molecular flexibility index (Phi) is 6.93. The quantitative estimate of drug-likeness (QED) is 0.718. The van der Waals surface area contributed by atoms with Gasteiger partial charge in [-0.15, -0.1) is 0 Å². The van der Waals surface area contributed by atoms with Crippen LogP contribution < -0.4 is 10.1 Å². The fourth-order valence-corrected chi connectivity index (χ4v) is 2.98. The Hall–Kier alpha value is -1.02. The fraction of sp³-hybridized carbons (Fsp3) is 0.667. The van der Waals surface area contributed by atoms with E-state index in [4.69, 9.17) is 4.74 Å². The highest BCUT2D eigenvalue weighted by molar-refractivity contribution is 5.27. The summed E-state index contributed by atoms with van der Waals surface area (Å²) in [5.74, 6) is 1.89. The van der Waals surface area contributed by atoms with Crippen molar-refractivity contribution in [1.82, 2.24) is 5.32 Å². The summed E-state index contributed by atoms with van der Waals surface area (Å²) in [5.41, 5.74) is 1.40. The molecule has 0 atom stereocenters. The average Bonchev–Trinajstić information content (AvgIpc) is 2.50. The van der Waals surface area contributed by atoms with Crippen molar-refractivity contribution >= 4 is 0 Å². The van der Waals surface area contributed by atoms with Crippen LogP contribution in [0.3, 0.4) is 0 Å². The zero-order valence-corrected chi connectivity index (χ0v) is 12.9. The van der Waals surface area contributed by atoms with Crippen LogP contribution in [-0.2, 0) is 6.42 Å². The second kappa shape index (κ2) is 9.02. The maximum Gasteiger partial charge on any atom is 0.119 e. The highest BCUT2D eigenvalue weighted by Crippen LogP contribution is 2.22. The van der Waals surface area contributed by atoms with E-state index in [1.165, 1.54) is 50.6 Å². The molecule has 112 valence electrons. The summed E-state index contributed by atoms with van der Waals surface area (Å²) in [6.07, 6.45) is 9.46. The third-order valence-electron chi connectivity index (χ3n) is 4.17. The molecule has 0 aliphatic heterocycles. The average molecular weight is 275 g/mol. The number of benzene rings is 1. The molecule has 0 bridgehead atoms. The lowest BCUT2D eigenvalue weighted by molar-refractivity contribution is 0.294. The molecule has 1 fully saturated rings. The molecular weight excluding hydrogens is 246 g/mol. The van der Waals surface area contributed by atoms with Crippen molar-refractivity contribution in [2.45, 2.75) is 51.9 Å². The van der Waals surface area contributed by atoms with Crippen molar-refractivity contribution in [2.24, 2.45) is 5.92 Å². The summed E-state index contributed by atoms with van der Waals surface area (Å²) in [6, 6.07) is 8.53. The lowest BCUT2D eigenvalue weighted by Crippen LogP contribution is -2.28. The monoisotopic (exact) mass is 275 g/mol. The van der Waals surface area contributed by atoms with E-state index in [-0.39, 0.29) is 0 Å². The van der Waals surface area contributed by atoms with Gasteiger partial charge >= 0.3 is 0 Å². The number of rotatable bonds is 8. The van der Waals surface area contributed by atoms with Crippen LogP contribution in [0.1, 0.15) is 51.0 Å². The molecule has 20 heavy (non-hydrogen) atoms. The molecule has 0 heterocycles. The normalized spacial score (nSPS) is 16.2. The molecule has 2 nitrogen and oxygen atoms in total. The van der Waals surface area contributed by atoms with E-state index in [1.807, 2.05) is 0 Å². The van der Waals surface area contributed by atoms with Gasteiger partial charge in [0, 0.05) is 6.54 Å². The number of hydrogen-bond acceptors (Lipinski definition) is 2. The second-order valence-corrected chi connectivity index (χ2v) is 5.95. The van der Waals surface area contributed by atoms with Gasteiger partial charge in [0.2, 0.25) is 0 Å². The minimum atomic E-state index is 0.764. The van der Waals surface area contributed by atoms with E-state index in [0.717, 1.165) is 31.2 Å².